The predicted octanol–water partition coefficient (Wildman–Crippen LogP) is 3.21. The molecule has 1 aliphatic heterocycles. The molecule has 0 bridgehead atoms. The van der Waals surface area contributed by atoms with Crippen molar-refractivity contribution in [3.05, 3.63) is 48.1 Å². The van der Waals surface area contributed by atoms with Gasteiger partial charge < -0.3 is 9.64 Å². The van der Waals surface area contributed by atoms with E-state index in [1.807, 2.05) is 6.26 Å². The van der Waals surface area contributed by atoms with Gasteiger partial charge in [0.25, 0.3) is 5.91 Å². The van der Waals surface area contributed by atoms with Gasteiger partial charge in [-0.2, -0.15) is 5.10 Å². The monoisotopic (exact) mass is 458 g/mol. The van der Waals surface area contributed by atoms with Crippen LogP contribution in [-0.2, 0) is 10.6 Å². The van der Waals surface area contributed by atoms with Crippen molar-refractivity contribution in [1.29, 1.82) is 0 Å². The van der Waals surface area contributed by atoms with Gasteiger partial charge in [0.1, 0.15) is 17.2 Å². The summed E-state index contributed by atoms with van der Waals surface area (Å²) in [4.78, 5) is 23.3. The maximum absolute atomic E-state index is 14.1. The number of pyridine rings is 2. The molecular weight excluding hydrogens is 438 g/mol. The molecule has 0 saturated carbocycles. The van der Waals surface area contributed by atoms with E-state index in [-0.39, 0.29) is 11.6 Å². The largest absolute Gasteiger partial charge is 0.380 e. The molecule has 8 nitrogen and oxygen atoms in total. The van der Waals surface area contributed by atoms with Gasteiger partial charge in [-0.1, -0.05) is 0 Å². The first-order valence-electron chi connectivity index (χ1n) is 10.1. The maximum atomic E-state index is 14.1. The Morgan fingerprint density at radius 2 is 2.06 bits per heavy atom. The number of halogens is 2. The lowest BCUT2D eigenvalue weighted by molar-refractivity contribution is 0.0735. The molecule has 0 aliphatic carbocycles. The quantitative estimate of drug-likeness (QED) is 0.468. The van der Waals surface area contributed by atoms with E-state index in [1.165, 1.54) is 16.8 Å². The zero-order valence-corrected chi connectivity index (χ0v) is 18.1. The molecule has 32 heavy (non-hydrogen) atoms. The van der Waals surface area contributed by atoms with Crippen molar-refractivity contribution in [3.63, 3.8) is 0 Å². The third-order valence-electron chi connectivity index (χ3n) is 5.39. The number of fused-ring (bicyclic) bond motifs is 2. The van der Waals surface area contributed by atoms with Crippen molar-refractivity contribution in [2.24, 2.45) is 0 Å². The molecule has 0 unspecified atom stereocenters. The summed E-state index contributed by atoms with van der Waals surface area (Å²) in [7, 11) is 0. The van der Waals surface area contributed by atoms with E-state index >= 15 is 0 Å². The molecule has 0 N–H and O–H groups in total. The van der Waals surface area contributed by atoms with Crippen LogP contribution in [0.4, 0.5) is 8.78 Å². The van der Waals surface area contributed by atoms with Crippen LogP contribution in [0.25, 0.3) is 27.9 Å². The summed E-state index contributed by atoms with van der Waals surface area (Å²) >= 11 is 1.56. The van der Waals surface area contributed by atoms with E-state index in [9.17, 15) is 13.6 Å². The molecule has 0 radical (unpaired) electrons. The van der Waals surface area contributed by atoms with Gasteiger partial charge in [0.2, 0.25) is 0 Å². The van der Waals surface area contributed by atoms with Crippen molar-refractivity contribution < 1.29 is 18.3 Å². The Morgan fingerprint density at radius 3 is 2.91 bits per heavy atom. The van der Waals surface area contributed by atoms with Crippen LogP contribution in [0.2, 0.25) is 0 Å². The van der Waals surface area contributed by atoms with Crippen LogP contribution in [0, 0.1) is 11.6 Å². The lowest BCUT2D eigenvalue weighted by Crippen LogP contribution is -2.33. The van der Waals surface area contributed by atoms with Crippen LogP contribution in [0.3, 0.4) is 0 Å². The van der Waals surface area contributed by atoms with Crippen molar-refractivity contribution >= 4 is 34.2 Å². The average molecular weight is 458 g/mol. The van der Waals surface area contributed by atoms with Crippen molar-refractivity contribution in [3.8, 4) is 11.4 Å². The number of carbonyl (C=O) groups excluding carboxylic acids is 1. The number of amides is 1. The minimum atomic E-state index is -0.753. The first-order valence-corrected chi connectivity index (χ1v) is 11.5. The molecule has 4 aromatic rings. The van der Waals surface area contributed by atoms with Crippen LogP contribution in [-0.4, -0.2) is 67.5 Å². The molecule has 1 amide bonds. The SMILES string of the molecule is CSCn1nc(-c2cnc3c(F)cc(F)cn23)c2cnc(C(=O)N3CCCOCC3)cc21. The number of carbonyl (C=O) groups is 1. The smallest absolute Gasteiger partial charge is 0.272 e. The molecule has 0 atom stereocenters. The normalized spacial score (nSPS) is 14.9. The van der Waals surface area contributed by atoms with E-state index in [4.69, 9.17) is 4.74 Å². The van der Waals surface area contributed by atoms with Crippen molar-refractivity contribution in [2.45, 2.75) is 12.3 Å². The van der Waals surface area contributed by atoms with Gasteiger partial charge in [0.05, 0.1) is 29.9 Å². The van der Waals surface area contributed by atoms with Gasteiger partial charge in [0, 0.05) is 43.5 Å². The minimum absolute atomic E-state index is 0.0112. The summed E-state index contributed by atoms with van der Waals surface area (Å²) in [6.45, 7) is 2.28. The highest BCUT2D eigenvalue weighted by molar-refractivity contribution is 7.97. The number of hydrogen-bond donors (Lipinski definition) is 0. The Hall–Kier alpha value is -3.05. The molecule has 5 rings (SSSR count). The summed E-state index contributed by atoms with van der Waals surface area (Å²) in [5, 5.41) is 5.33. The Balaban J connectivity index is 1.62. The lowest BCUT2D eigenvalue weighted by atomic mass is 10.2. The van der Waals surface area contributed by atoms with E-state index in [2.05, 4.69) is 15.1 Å². The van der Waals surface area contributed by atoms with E-state index in [1.54, 1.807) is 33.6 Å². The summed E-state index contributed by atoms with van der Waals surface area (Å²) in [6, 6.07) is 2.52. The van der Waals surface area contributed by atoms with Gasteiger partial charge in [0.15, 0.2) is 11.5 Å². The zero-order valence-electron chi connectivity index (χ0n) is 17.3. The Kier molecular flexibility index (Phi) is 5.51. The summed E-state index contributed by atoms with van der Waals surface area (Å²) in [5.41, 5.74) is 1.97. The summed E-state index contributed by atoms with van der Waals surface area (Å²) in [6.07, 6.45) is 6.94. The molecule has 1 fully saturated rings. The van der Waals surface area contributed by atoms with Gasteiger partial charge in [-0.15, -0.1) is 11.8 Å². The van der Waals surface area contributed by atoms with E-state index < -0.39 is 11.6 Å². The molecule has 1 aliphatic rings. The molecule has 5 heterocycles. The minimum Gasteiger partial charge on any atom is -0.380 e. The molecule has 0 aromatic carbocycles. The number of aromatic nitrogens is 5. The first-order chi connectivity index (χ1) is 15.6. The summed E-state index contributed by atoms with van der Waals surface area (Å²) in [5.74, 6) is -1.09. The highest BCUT2D eigenvalue weighted by Crippen LogP contribution is 2.30. The van der Waals surface area contributed by atoms with Crippen molar-refractivity contribution in [2.75, 3.05) is 32.6 Å². The van der Waals surface area contributed by atoms with Gasteiger partial charge >= 0.3 is 0 Å². The molecular formula is C21H20F2N6O2S. The predicted molar refractivity (Wildman–Crippen MR) is 116 cm³/mol. The number of nitrogens with zero attached hydrogens (tertiary/aromatic N) is 6. The van der Waals surface area contributed by atoms with Crippen LogP contribution in [0.15, 0.2) is 30.7 Å². The molecule has 1 saturated heterocycles. The number of hydrogen-bond acceptors (Lipinski definition) is 6. The fourth-order valence-corrected chi connectivity index (χ4v) is 4.34. The van der Waals surface area contributed by atoms with Crippen LogP contribution in [0.1, 0.15) is 16.9 Å². The highest BCUT2D eigenvalue weighted by Gasteiger charge is 2.23. The number of ether oxygens (including phenoxy) is 1. The Bertz CT molecular complexity index is 1310. The molecule has 11 heteroatoms. The highest BCUT2D eigenvalue weighted by atomic mass is 32.2. The van der Waals surface area contributed by atoms with Crippen LogP contribution >= 0.6 is 11.8 Å². The second-order valence-corrected chi connectivity index (χ2v) is 8.29. The van der Waals surface area contributed by atoms with Crippen LogP contribution in [0.5, 0.6) is 0 Å². The third kappa shape index (κ3) is 3.61. The van der Waals surface area contributed by atoms with E-state index in [0.29, 0.717) is 60.2 Å². The standard InChI is InChI=1S/C21H20F2N6O2S/c1-32-12-29-17-8-16(21(30)27-3-2-5-31-6-4-27)24-9-14(17)19(26-29)18-10-25-20-15(23)7-13(22)11-28(18)20/h7-11H,2-6,12H2,1H3. The second kappa shape index (κ2) is 8.47. The van der Waals surface area contributed by atoms with Gasteiger partial charge in [-0.05, 0) is 18.7 Å². The zero-order chi connectivity index (χ0) is 22.2. The third-order valence-corrected chi connectivity index (χ3v) is 5.89. The lowest BCUT2D eigenvalue weighted by Gasteiger charge is -2.19. The molecule has 166 valence electrons. The van der Waals surface area contributed by atoms with Crippen LogP contribution < -0.4 is 0 Å². The topological polar surface area (TPSA) is 77.6 Å². The molecule has 0 spiro atoms. The van der Waals surface area contributed by atoms with Gasteiger partial charge in [-0.3, -0.25) is 18.9 Å². The van der Waals surface area contributed by atoms with E-state index in [0.717, 1.165) is 12.5 Å². The average Bonchev–Trinajstić information content (AvgIpc) is 3.23. The second-order valence-electron chi connectivity index (χ2n) is 7.45. The maximum Gasteiger partial charge on any atom is 0.272 e. The Morgan fingerprint density at radius 1 is 1.19 bits per heavy atom. The summed E-state index contributed by atoms with van der Waals surface area (Å²) < 4.78 is 36.6. The molecule has 4 aromatic heterocycles. The fraction of sp³-hybridized carbons (Fsp3) is 0.333. The van der Waals surface area contributed by atoms with Gasteiger partial charge in [-0.25, -0.2) is 13.8 Å². The Labute approximate surface area is 186 Å². The van der Waals surface area contributed by atoms with Crippen molar-refractivity contribution in [1.82, 2.24) is 29.0 Å². The number of imidazole rings is 1. The fourth-order valence-electron chi connectivity index (χ4n) is 3.90. The first kappa shape index (κ1) is 20.8. The number of thioether (sulfide) groups is 1. The number of rotatable bonds is 4.